The molecule has 0 heterocycles. The fourth-order valence-corrected chi connectivity index (χ4v) is 1.53. The van der Waals surface area contributed by atoms with Crippen LogP contribution in [-0.2, 0) is 14.3 Å². The topological polar surface area (TPSA) is 58.6 Å². The molecule has 0 radical (unpaired) electrons. The van der Waals surface area contributed by atoms with Crippen LogP contribution in [0.2, 0.25) is 0 Å². The largest absolute Gasteiger partial charge is 0.468 e. The molecule has 0 aromatic rings. The molecule has 0 fully saturated rings. The molecule has 0 aliphatic heterocycles. The van der Waals surface area contributed by atoms with Crippen LogP contribution in [0.1, 0.15) is 34.1 Å². The molecule has 17 heavy (non-hydrogen) atoms. The summed E-state index contributed by atoms with van der Waals surface area (Å²) in [7, 11) is 1.35. The summed E-state index contributed by atoms with van der Waals surface area (Å²) in [5.74, 6) is -0.377. The Balaban J connectivity index is 4.47. The van der Waals surface area contributed by atoms with Crippen molar-refractivity contribution >= 4 is 11.9 Å². The van der Waals surface area contributed by atoms with Crippen molar-refractivity contribution in [2.24, 2.45) is 0 Å². The van der Waals surface area contributed by atoms with Gasteiger partial charge in [0.25, 0.3) is 0 Å². The van der Waals surface area contributed by atoms with Gasteiger partial charge < -0.3 is 10.1 Å². The zero-order chi connectivity index (χ0) is 13.4. The molecule has 0 aliphatic rings. The van der Waals surface area contributed by atoms with Crippen molar-refractivity contribution in [3.63, 3.8) is 0 Å². The molecule has 1 amide bonds. The summed E-state index contributed by atoms with van der Waals surface area (Å²) in [5, 5.41) is 2.83. The summed E-state index contributed by atoms with van der Waals surface area (Å²) in [4.78, 5) is 24.9. The van der Waals surface area contributed by atoms with E-state index in [1.807, 2.05) is 25.7 Å². The van der Waals surface area contributed by atoms with Gasteiger partial charge in [0.15, 0.2) is 0 Å². The lowest BCUT2D eigenvalue weighted by Gasteiger charge is -2.30. The zero-order valence-electron chi connectivity index (χ0n) is 11.4. The number of hydrogen-bond acceptors (Lipinski definition) is 4. The molecule has 1 N–H and O–H groups in total. The number of amides is 1. The second kappa shape index (κ2) is 8.06. The van der Waals surface area contributed by atoms with Gasteiger partial charge in [0.1, 0.15) is 0 Å². The predicted molar refractivity (Wildman–Crippen MR) is 66.6 cm³/mol. The molecule has 5 nitrogen and oxygen atoms in total. The number of hydrogen-bond donors (Lipinski definition) is 1. The minimum Gasteiger partial charge on any atom is -0.468 e. The predicted octanol–water partition coefficient (Wildman–Crippen LogP) is 0.785. The Morgan fingerprint density at radius 3 is 2.29 bits per heavy atom. The van der Waals surface area contributed by atoms with Gasteiger partial charge in [-0.3, -0.25) is 14.5 Å². The minimum atomic E-state index is -0.333. The summed E-state index contributed by atoms with van der Waals surface area (Å²) in [6.07, 6.45) is 0.900. The van der Waals surface area contributed by atoms with E-state index < -0.39 is 0 Å². The van der Waals surface area contributed by atoms with Gasteiger partial charge in [-0.2, -0.15) is 0 Å². The first-order chi connectivity index (χ1) is 7.93. The van der Waals surface area contributed by atoms with Crippen molar-refractivity contribution in [2.75, 3.05) is 20.2 Å². The van der Waals surface area contributed by atoms with E-state index in [0.29, 0.717) is 6.54 Å². The molecule has 0 rings (SSSR count). The van der Waals surface area contributed by atoms with Crippen molar-refractivity contribution in [3.8, 4) is 0 Å². The summed E-state index contributed by atoms with van der Waals surface area (Å²) < 4.78 is 4.63. The molecule has 0 bridgehead atoms. The number of rotatable bonds is 7. The Kier molecular flexibility index (Phi) is 7.54. The molecule has 1 atom stereocenters. The Hall–Kier alpha value is -1.10. The van der Waals surface area contributed by atoms with Crippen molar-refractivity contribution < 1.29 is 14.3 Å². The maximum Gasteiger partial charge on any atom is 0.319 e. The van der Waals surface area contributed by atoms with Gasteiger partial charge in [0.2, 0.25) is 5.91 Å². The van der Waals surface area contributed by atoms with E-state index in [9.17, 15) is 9.59 Å². The van der Waals surface area contributed by atoms with Gasteiger partial charge in [-0.05, 0) is 27.2 Å². The summed E-state index contributed by atoms with van der Waals surface area (Å²) in [6, 6.07) is -0.225. The number of nitrogens with one attached hydrogen (secondary N) is 1. The fourth-order valence-electron chi connectivity index (χ4n) is 1.53. The number of esters is 1. The molecular weight excluding hydrogens is 220 g/mol. The van der Waals surface area contributed by atoms with Crippen LogP contribution in [0.5, 0.6) is 0 Å². The first kappa shape index (κ1) is 15.9. The highest BCUT2D eigenvalue weighted by atomic mass is 16.5. The highest BCUT2D eigenvalue weighted by molar-refractivity contribution is 5.82. The lowest BCUT2D eigenvalue weighted by molar-refractivity contribution is -0.144. The normalized spacial score (nSPS) is 12.6. The highest BCUT2D eigenvalue weighted by Crippen LogP contribution is 2.06. The van der Waals surface area contributed by atoms with Crippen molar-refractivity contribution in [1.82, 2.24) is 10.2 Å². The van der Waals surface area contributed by atoms with Crippen molar-refractivity contribution in [2.45, 2.75) is 46.2 Å². The second-order valence-corrected chi connectivity index (χ2v) is 4.31. The molecule has 0 spiro atoms. The Labute approximate surface area is 103 Å². The summed E-state index contributed by atoms with van der Waals surface area (Å²) >= 11 is 0. The quantitative estimate of drug-likeness (QED) is 0.673. The Morgan fingerprint density at radius 2 is 1.88 bits per heavy atom. The van der Waals surface area contributed by atoms with E-state index in [4.69, 9.17) is 0 Å². The average molecular weight is 244 g/mol. The van der Waals surface area contributed by atoms with Crippen LogP contribution in [0.4, 0.5) is 0 Å². The van der Waals surface area contributed by atoms with Crippen molar-refractivity contribution in [1.29, 1.82) is 0 Å². The number of nitrogens with zero attached hydrogens (tertiary/aromatic N) is 1. The molecule has 0 saturated carbocycles. The number of methoxy groups -OCH3 is 1. The van der Waals surface area contributed by atoms with Crippen LogP contribution >= 0.6 is 0 Å². The first-order valence-electron chi connectivity index (χ1n) is 6.04. The third-order valence-electron chi connectivity index (χ3n) is 2.63. The van der Waals surface area contributed by atoms with Gasteiger partial charge in [-0.1, -0.05) is 6.92 Å². The fraction of sp³-hybridized carbons (Fsp3) is 0.833. The lowest BCUT2D eigenvalue weighted by Crippen LogP contribution is -2.50. The van der Waals surface area contributed by atoms with Crippen LogP contribution in [0.25, 0.3) is 0 Å². The SMILES string of the molecule is CCCNC(=O)C(C)N(CC(=O)OC)C(C)C. The monoisotopic (exact) mass is 244 g/mol. The van der Waals surface area contributed by atoms with Crippen LogP contribution in [0.3, 0.4) is 0 Å². The number of carbonyl (C=O) groups is 2. The third-order valence-corrected chi connectivity index (χ3v) is 2.63. The van der Waals surface area contributed by atoms with Crippen LogP contribution in [0.15, 0.2) is 0 Å². The maximum absolute atomic E-state index is 11.8. The molecule has 5 heteroatoms. The molecule has 100 valence electrons. The van der Waals surface area contributed by atoms with Gasteiger partial charge >= 0.3 is 5.97 Å². The van der Waals surface area contributed by atoms with Gasteiger partial charge in [0.05, 0.1) is 19.7 Å². The minimum absolute atomic E-state index is 0.0514. The first-order valence-corrected chi connectivity index (χ1v) is 6.04. The van der Waals surface area contributed by atoms with Gasteiger partial charge in [-0.25, -0.2) is 0 Å². The third kappa shape index (κ3) is 5.68. The average Bonchev–Trinajstić information content (AvgIpc) is 2.31. The van der Waals surface area contributed by atoms with Crippen LogP contribution in [0, 0.1) is 0 Å². The van der Waals surface area contributed by atoms with E-state index in [-0.39, 0.29) is 30.5 Å². The number of ether oxygens (including phenoxy) is 1. The van der Waals surface area contributed by atoms with E-state index in [1.165, 1.54) is 7.11 Å². The molecular formula is C12H24N2O3. The van der Waals surface area contributed by atoms with Crippen LogP contribution < -0.4 is 5.32 Å². The van der Waals surface area contributed by atoms with E-state index in [2.05, 4.69) is 10.1 Å². The molecule has 0 aliphatic carbocycles. The lowest BCUT2D eigenvalue weighted by atomic mass is 10.2. The smallest absolute Gasteiger partial charge is 0.319 e. The van der Waals surface area contributed by atoms with Gasteiger partial charge in [0, 0.05) is 12.6 Å². The maximum atomic E-state index is 11.8. The second-order valence-electron chi connectivity index (χ2n) is 4.31. The van der Waals surface area contributed by atoms with E-state index >= 15 is 0 Å². The standard InChI is InChI=1S/C12H24N2O3/c1-6-7-13-12(16)10(4)14(9(2)3)8-11(15)17-5/h9-10H,6-8H2,1-5H3,(H,13,16). The molecule has 0 saturated heterocycles. The molecule has 0 aromatic heterocycles. The zero-order valence-corrected chi connectivity index (χ0v) is 11.4. The molecule has 1 unspecified atom stereocenters. The van der Waals surface area contributed by atoms with E-state index in [0.717, 1.165) is 6.42 Å². The number of carbonyl (C=O) groups excluding carboxylic acids is 2. The van der Waals surface area contributed by atoms with Crippen LogP contribution in [-0.4, -0.2) is 49.1 Å². The highest BCUT2D eigenvalue weighted by Gasteiger charge is 2.25. The summed E-state index contributed by atoms with van der Waals surface area (Å²) in [5.41, 5.74) is 0. The Bertz CT molecular complexity index is 254. The van der Waals surface area contributed by atoms with Crippen molar-refractivity contribution in [3.05, 3.63) is 0 Å². The van der Waals surface area contributed by atoms with E-state index in [1.54, 1.807) is 6.92 Å². The van der Waals surface area contributed by atoms with Gasteiger partial charge in [-0.15, -0.1) is 0 Å². The Morgan fingerprint density at radius 1 is 1.29 bits per heavy atom. The molecule has 0 aromatic carbocycles. The summed E-state index contributed by atoms with van der Waals surface area (Å²) in [6.45, 7) is 8.49.